The van der Waals surface area contributed by atoms with E-state index in [1.165, 1.54) is 6.92 Å². The maximum Gasteiger partial charge on any atom is 0.224 e. The fraction of sp³-hybridized carbons (Fsp3) is 0.136. The number of nitrogens with zero attached hydrogens (tertiary/aromatic N) is 1. The minimum absolute atomic E-state index is 0.124. The van der Waals surface area contributed by atoms with E-state index in [-0.39, 0.29) is 5.91 Å². The van der Waals surface area contributed by atoms with Crippen LogP contribution in [0, 0.1) is 0 Å². The second-order valence-corrected chi connectivity index (χ2v) is 6.38. The molecule has 0 radical (unpaired) electrons. The third-order valence-corrected chi connectivity index (χ3v) is 4.32. The van der Waals surface area contributed by atoms with E-state index in [0.29, 0.717) is 28.8 Å². The van der Waals surface area contributed by atoms with Gasteiger partial charge in [0, 0.05) is 17.5 Å². The van der Waals surface area contributed by atoms with Crippen LogP contribution in [-0.2, 0) is 11.3 Å². The molecule has 0 aliphatic rings. The highest BCUT2D eigenvalue weighted by atomic mass is 35.5. The van der Waals surface area contributed by atoms with Crippen molar-refractivity contribution in [1.29, 1.82) is 0 Å². The molecule has 0 saturated carbocycles. The van der Waals surface area contributed by atoms with Gasteiger partial charge in [-0.2, -0.15) is 0 Å². The van der Waals surface area contributed by atoms with Crippen LogP contribution >= 0.6 is 11.6 Å². The summed E-state index contributed by atoms with van der Waals surface area (Å²) in [5.41, 5.74) is 1.49. The number of anilines is 1. The van der Waals surface area contributed by atoms with Crippen LogP contribution in [0.5, 0.6) is 17.2 Å². The number of halogens is 1. The average Bonchev–Trinajstić information content (AvgIpc) is 2.68. The quantitative estimate of drug-likeness (QED) is 0.550. The van der Waals surface area contributed by atoms with E-state index in [1.54, 1.807) is 30.2 Å². The van der Waals surface area contributed by atoms with Crippen molar-refractivity contribution in [3.8, 4) is 17.2 Å². The van der Waals surface area contributed by atoms with Crippen LogP contribution in [0.15, 0.2) is 72.8 Å². The van der Waals surface area contributed by atoms with Crippen molar-refractivity contribution in [2.24, 2.45) is 0 Å². The highest BCUT2D eigenvalue weighted by Gasteiger charge is 2.19. The van der Waals surface area contributed by atoms with Crippen molar-refractivity contribution in [3.63, 3.8) is 0 Å². The molecule has 0 spiro atoms. The zero-order chi connectivity index (χ0) is 19.2. The summed E-state index contributed by atoms with van der Waals surface area (Å²) in [6, 6.07) is 22.3. The van der Waals surface area contributed by atoms with Crippen LogP contribution in [-0.4, -0.2) is 13.0 Å². The first-order chi connectivity index (χ1) is 13.1. The molecule has 5 heteroatoms. The summed E-state index contributed by atoms with van der Waals surface area (Å²) in [6.07, 6.45) is 0. The van der Waals surface area contributed by atoms with Crippen LogP contribution in [0.3, 0.4) is 0 Å². The Hall–Kier alpha value is -2.98. The molecule has 138 valence electrons. The van der Waals surface area contributed by atoms with Crippen LogP contribution in [0.4, 0.5) is 5.69 Å². The van der Waals surface area contributed by atoms with Crippen LogP contribution in [0.2, 0.25) is 5.02 Å². The van der Waals surface area contributed by atoms with Gasteiger partial charge in [-0.05, 0) is 36.4 Å². The first kappa shape index (κ1) is 18.8. The molecule has 0 unspecified atom stereocenters. The molecule has 0 bridgehead atoms. The zero-order valence-corrected chi connectivity index (χ0v) is 15.9. The largest absolute Gasteiger partial charge is 0.496 e. The third kappa shape index (κ3) is 4.60. The summed E-state index contributed by atoms with van der Waals surface area (Å²) < 4.78 is 11.4. The molecule has 1 amide bonds. The topological polar surface area (TPSA) is 38.8 Å². The van der Waals surface area contributed by atoms with Gasteiger partial charge in [-0.1, -0.05) is 48.0 Å². The molecule has 0 heterocycles. The fourth-order valence-electron chi connectivity index (χ4n) is 2.77. The van der Waals surface area contributed by atoms with Gasteiger partial charge < -0.3 is 14.4 Å². The summed E-state index contributed by atoms with van der Waals surface area (Å²) in [5.74, 6) is 1.83. The molecular formula is C22H20ClNO3. The van der Waals surface area contributed by atoms with Gasteiger partial charge in [0.05, 0.1) is 19.3 Å². The predicted octanol–water partition coefficient (Wildman–Crippen LogP) is 5.69. The summed E-state index contributed by atoms with van der Waals surface area (Å²) in [4.78, 5) is 14.1. The van der Waals surface area contributed by atoms with E-state index in [4.69, 9.17) is 21.1 Å². The van der Waals surface area contributed by atoms with Gasteiger partial charge >= 0.3 is 0 Å². The molecule has 0 saturated heterocycles. The van der Waals surface area contributed by atoms with Crippen molar-refractivity contribution in [3.05, 3.63) is 83.4 Å². The number of hydrogen-bond acceptors (Lipinski definition) is 3. The summed E-state index contributed by atoms with van der Waals surface area (Å²) in [6.45, 7) is 1.85. The fourth-order valence-corrected chi connectivity index (χ4v) is 2.94. The summed E-state index contributed by atoms with van der Waals surface area (Å²) >= 11 is 6.21. The highest BCUT2D eigenvalue weighted by Crippen LogP contribution is 2.36. The monoisotopic (exact) mass is 381 g/mol. The molecule has 0 atom stereocenters. The number of amides is 1. The Morgan fingerprint density at radius 3 is 2.37 bits per heavy atom. The molecule has 0 aliphatic heterocycles. The first-order valence-corrected chi connectivity index (χ1v) is 8.88. The second kappa shape index (κ2) is 8.60. The number of hydrogen-bond donors (Lipinski definition) is 0. The van der Waals surface area contributed by atoms with Gasteiger partial charge in [0.15, 0.2) is 5.75 Å². The van der Waals surface area contributed by atoms with Gasteiger partial charge in [-0.15, -0.1) is 0 Å². The number of carbonyl (C=O) groups excluding carboxylic acids is 1. The molecule has 0 aromatic heterocycles. The smallest absolute Gasteiger partial charge is 0.224 e. The van der Waals surface area contributed by atoms with Crippen LogP contribution in [0.1, 0.15) is 12.5 Å². The molecule has 0 N–H and O–H groups in total. The normalized spacial score (nSPS) is 10.3. The Kier molecular flexibility index (Phi) is 5.99. The van der Waals surface area contributed by atoms with Gasteiger partial charge in [0.1, 0.15) is 11.5 Å². The maximum absolute atomic E-state index is 12.5. The molecule has 4 nitrogen and oxygen atoms in total. The van der Waals surface area contributed by atoms with E-state index in [1.807, 2.05) is 54.6 Å². The lowest BCUT2D eigenvalue weighted by Crippen LogP contribution is -2.28. The van der Waals surface area contributed by atoms with Crippen LogP contribution in [0.25, 0.3) is 0 Å². The minimum atomic E-state index is -0.124. The lowest BCUT2D eigenvalue weighted by molar-refractivity contribution is -0.116. The molecule has 3 aromatic carbocycles. The van der Waals surface area contributed by atoms with E-state index in [0.717, 1.165) is 11.3 Å². The van der Waals surface area contributed by atoms with Gasteiger partial charge in [-0.3, -0.25) is 4.79 Å². The van der Waals surface area contributed by atoms with Crippen molar-refractivity contribution < 1.29 is 14.3 Å². The molecule has 0 fully saturated rings. The average molecular weight is 382 g/mol. The Labute approximate surface area is 163 Å². The number of para-hydroxylation sites is 2. The Bertz CT molecular complexity index is 928. The lowest BCUT2D eigenvalue weighted by Gasteiger charge is -2.25. The Morgan fingerprint density at radius 1 is 0.963 bits per heavy atom. The van der Waals surface area contributed by atoms with Crippen molar-refractivity contribution in [2.45, 2.75) is 13.5 Å². The Morgan fingerprint density at radius 2 is 1.67 bits per heavy atom. The van der Waals surface area contributed by atoms with Crippen LogP contribution < -0.4 is 14.4 Å². The SMILES string of the molecule is COc1ccccc1CN(C(C)=O)c1cc(Cl)ccc1Oc1ccccc1. The van der Waals surface area contributed by atoms with E-state index in [2.05, 4.69) is 0 Å². The summed E-state index contributed by atoms with van der Waals surface area (Å²) in [5, 5.41) is 0.525. The summed E-state index contributed by atoms with van der Waals surface area (Å²) in [7, 11) is 1.61. The van der Waals surface area contributed by atoms with Gasteiger partial charge in [0.2, 0.25) is 5.91 Å². The molecule has 3 rings (SSSR count). The maximum atomic E-state index is 12.5. The third-order valence-electron chi connectivity index (χ3n) is 4.08. The lowest BCUT2D eigenvalue weighted by atomic mass is 10.1. The van der Waals surface area contributed by atoms with Gasteiger partial charge in [-0.25, -0.2) is 0 Å². The number of benzene rings is 3. The number of rotatable bonds is 6. The second-order valence-electron chi connectivity index (χ2n) is 5.94. The molecule has 0 aliphatic carbocycles. The number of carbonyl (C=O) groups is 1. The predicted molar refractivity (Wildman–Crippen MR) is 108 cm³/mol. The molecule has 3 aromatic rings. The number of ether oxygens (including phenoxy) is 2. The Balaban J connectivity index is 2.00. The first-order valence-electron chi connectivity index (χ1n) is 8.51. The number of methoxy groups -OCH3 is 1. The van der Waals surface area contributed by atoms with Crippen molar-refractivity contribution in [2.75, 3.05) is 12.0 Å². The zero-order valence-electron chi connectivity index (χ0n) is 15.2. The van der Waals surface area contributed by atoms with E-state index >= 15 is 0 Å². The highest BCUT2D eigenvalue weighted by molar-refractivity contribution is 6.31. The van der Waals surface area contributed by atoms with Gasteiger partial charge in [0.25, 0.3) is 0 Å². The van der Waals surface area contributed by atoms with Crippen molar-refractivity contribution in [1.82, 2.24) is 0 Å². The standard InChI is InChI=1S/C22H20ClNO3/c1-16(25)24(15-17-8-6-7-11-21(17)26-2)20-14-18(23)12-13-22(20)27-19-9-4-3-5-10-19/h3-14H,15H2,1-2H3. The van der Waals surface area contributed by atoms with Crippen molar-refractivity contribution >= 4 is 23.2 Å². The molecule has 27 heavy (non-hydrogen) atoms. The van der Waals surface area contributed by atoms with E-state index in [9.17, 15) is 4.79 Å². The minimum Gasteiger partial charge on any atom is -0.496 e. The molecular weight excluding hydrogens is 362 g/mol. The van der Waals surface area contributed by atoms with E-state index < -0.39 is 0 Å².